The first-order valence-corrected chi connectivity index (χ1v) is 6.92. The van der Waals surface area contributed by atoms with Crippen LogP contribution in [0, 0.1) is 5.92 Å². The Hall–Kier alpha value is -0.570. The first kappa shape index (κ1) is 10.6. The topological polar surface area (TPSA) is 41.6 Å². The maximum Gasteiger partial charge on any atom is 0.0972 e. The van der Waals surface area contributed by atoms with E-state index in [4.69, 9.17) is 10.7 Å². The van der Waals surface area contributed by atoms with Crippen LogP contribution in [0.25, 0.3) is 0 Å². The highest BCUT2D eigenvalue weighted by Gasteiger charge is 2.37. The zero-order valence-corrected chi connectivity index (χ0v) is 10.1. The standard InChI is InChI=1S/C13H23N3/c14-13(10-4-1-2-5-10)15-11-7-9-16-8-3-6-12(11)16/h10-12H,1-9H2,(H2,14,15). The smallest absolute Gasteiger partial charge is 0.0972 e. The number of hydrogen-bond acceptors (Lipinski definition) is 2. The van der Waals surface area contributed by atoms with Crippen LogP contribution in [0.3, 0.4) is 0 Å². The molecule has 0 spiro atoms. The molecule has 3 nitrogen and oxygen atoms in total. The van der Waals surface area contributed by atoms with E-state index in [9.17, 15) is 0 Å². The van der Waals surface area contributed by atoms with E-state index in [1.54, 1.807) is 0 Å². The molecule has 1 aliphatic carbocycles. The van der Waals surface area contributed by atoms with Crippen LogP contribution < -0.4 is 5.73 Å². The van der Waals surface area contributed by atoms with Gasteiger partial charge < -0.3 is 5.73 Å². The molecule has 2 aliphatic heterocycles. The fraction of sp³-hybridized carbons (Fsp3) is 0.923. The Labute approximate surface area is 98.1 Å². The average molecular weight is 221 g/mol. The second-order valence-electron chi connectivity index (χ2n) is 5.64. The van der Waals surface area contributed by atoms with Gasteiger partial charge in [-0.15, -0.1) is 0 Å². The molecule has 3 fully saturated rings. The minimum absolute atomic E-state index is 0.517. The van der Waals surface area contributed by atoms with E-state index < -0.39 is 0 Å². The lowest BCUT2D eigenvalue weighted by Gasteiger charge is -2.18. The molecule has 0 amide bonds. The molecule has 90 valence electrons. The highest BCUT2D eigenvalue weighted by molar-refractivity contribution is 5.83. The summed E-state index contributed by atoms with van der Waals surface area (Å²) in [7, 11) is 0. The molecule has 0 aromatic rings. The molecule has 0 bridgehead atoms. The van der Waals surface area contributed by atoms with Crippen molar-refractivity contribution in [2.75, 3.05) is 13.1 Å². The molecule has 3 rings (SSSR count). The summed E-state index contributed by atoms with van der Waals surface area (Å²) in [6.07, 6.45) is 9.18. The summed E-state index contributed by atoms with van der Waals surface area (Å²) in [5.41, 5.74) is 6.17. The zero-order chi connectivity index (χ0) is 11.0. The van der Waals surface area contributed by atoms with E-state index in [0.717, 1.165) is 11.9 Å². The summed E-state index contributed by atoms with van der Waals surface area (Å²) in [5.74, 6) is 1.58. The Morgan fingerprint density at radius 2 is 1.81 bits per heavy atom. The Balaban J connectivity index is 1.66. The third-order valence-corrected chi connectivity index (χ3v) is 4.66. The summed E-state index contributed by atoms with van der Waals surface area (Å²) in [6.45, 7) is 2.54. The Morgan fingerprint density at radius 1 is 1.00 bits per heavy atom. The first-order chi connectivity index (χ1) is 7.84. The first-order valence-electron chi connectivity index (χ1n) is 6.92. The van der Waals surface area contributed by atoms with Crippen molar-refractivity contribution in [3.8, 4) is 0 Å². The molecule has 0 aromatic carbocycles. The fourth-order valence-electron chi connectivity index (χ4n) is 3.72. The highest BCUT2D eigenvalue weighted by atomic mass is 15.2. The van der Waals surface area contributed by atoms with Crippen molar-refractivity contribution in [1.82, 2.24) is 4.90 Å². The van der Waals surface area contributed by atoms with E-state index in [1.807, 2.05) is 0 Å². The van der Waals surface area contributed by atoms with Crippen molar-refractivity contribution in [3.63, 3.8) is 0 Å². The maximum atomic E-state index is 6.17. The summed E-state index contributed by atoms with van der Waals surface area (Å²) < 4.78 is 0. The number of hydrogen-bond donors (Lipinski definition) is 1. The predicted molar refractivity (Wildman–Crippen MR) is 66.6 cm³/mol. The monoisotopic (exact) mass is 221 g/mol. The largest absolute Gasteiger partial charge is 0.387 e. The molecule has 2 heterocycles. The Bertz CT molecular complexity index is 281. The van der Waals surface area contributed by atoms with Crippen LogP contribution in [-0.4, -0.2) is 35.9 Å². The van der Waals surface area contributed by atoms with Gasteiger partial charge in [-0.2, -0.15) is 0 Å². The number of aliphatic imine (C=N–C) groups is 1. The van der Waals surface area contributed by atoms with Crippen LogP contribution in [0.2, 0.25) is 0 Å². The van der Waals surface area contributed by atoms with E-state index in [1.165, 1.54) is 58.0 Å². The number of amidine groups is 1. The maximum absolute atomic E-state index is 6.17. The van der Waals surface area contributed by atoms with Gasteiger partial charge in [0.1, 0.15) is 0 Å². The van der Waals surface area contributed by atoms with Crippen LogP contribution in [0.4, 0.5) is 0 Å². The van der Waals surface area contributed by atoms with Crippen molar-refractivity contribution < 1.29 is 0 Å². The molecule has 2 N–H and O–H groups in total. The lowest BCUT2D eigenvalue weighted by atomic mass is 10.0. The molecule has 2 unspecified atom stereocenters. The van der Waals surface area contributed by atoms with Gasteiger partial charge in [0, 0.05) is 18.5 Å². The predicted octanol–water partition coefficient (Wildman–Crippen LogP) is 1.77. The molecule has 2 saturated heterocycles. The molecule has 3 aliphatic rings. The molecular formula is C13H23N3. The Morgan fingerprint density at radius 3 is 2.62 bits per heavy atom. The third kappa shape index (κ3) is 1.86. The molecule has 2 atom stereocenters. The number of fused-ring (bicyclic) bond motifs is 1. The average Bonchev–Trinajstić information content (AvgIpc) is 2.94. The van der Waals surface area contributed by atoms with Gasteiger partial charge in [0.2, 0.25) is 0 Å². The second-order valence-corrected chi connectivity index (χ2v) is 5.64. The number of rotatable bonds is 2. The molecule has 3 heteroatoms. The van der Waals surface area contributed by atoms with E-state index >= 15 is 0 Å². The van der Waals surface area contributed by atoms with Crippen molar-refractivity contribution in [3.05, 3.63) is 0 Å². The SMILES string of the molecule is NC(=NC1CCN2CCCC12)C1CCCC1. The fourth-order valence-corrected chi connectivity index (χ4v) is 3.72. The van der Waals surface area contributed by atoms with Gasteiger partial charge in [-0.1, -0.05) is 12.8 Å². The number of nitrogens with zero attached hydrogens (tertiary/aromatic N) is 2. The minimum Gasteiger partial charge on any atom is -0.387 e. The van der Waals surface area contributed by atoms with E-state index in [2.05, 4.69) is 4.90 Å². The summed E-state index contributed by atoms with van der Waals surface area (Å²) >= 11 is 0. The van der Waals surface area contributed by atoms with Crippen LogP contribution in [-0.2, 0) is 0 Å². The summed E-state index contributed by atoms with van der Waals surface area (Å²) in [6, 6.07) is 1.24. The van der Waals surface area contributed by atoms with Crippen molar-refractivity contribution >= 4 is 5.84 Å². The van der Waals surface area contributed by atoms with Gasteiger partial charge in [-0.3, -0.25) is 9.89 Å². The lowest BCUT2D eigenvalue weighted by molar-refractivity contribution is 0.314. The summed E-state index contributed by atoms with van der Waals surface area (Å²) in [5, 5.41) is 0. The molecule has 1 saturated carbocycles. The third-order valence-electron chi connectivity index (χ3n) is 4.66. The van der Waals surface area contributed by atoms with E-state index in [0.29, 0.717) is 12.0 Å². The van der Waals surface area contributed by atoms with Gasteiger partial charge in [-0.25, -0.2) is 0 Å². The number of nitrogens with two attached hydrogens (primary N) is 1. The molecule has 0 aromatic heterocycles. The van der Waals surface area contributed by atoms with Gasteiger partial charge >= 0.3 is 0 Å². The van der Waals surface area contributed by atoms with Crippen molar-refractivity contribution in [1.29, 1.82) is 0 Å². The molecular weight excluding hydrogens is 198 g/mol. The minimum atomic E-state index is 0.517. The molecule has 16 heavy (non-hydrogen) atoms. The van der Waals surface area contributed by atoms with E-state index in [-0.39, 0.29) is 0 Å². The zero-order valence-electron chi connectivity index (χ0n) is 10.1. The van der Waals surface area contributed by atoms with Crippen LogP contribution in [0.1, 0.15) is 44.9 Å². The van der Waals surface area contributed by atoms with Crippen LogP contribution in [0.15, 0.2) is 4.99 Å². The Kier molecular flexibility index (Phi) is 2.88. The van der Waals surface area contributed by atoms with Gasteiger partial charge in [-0.05, 0) is 38.6 Å². The van der Waals surface area contributed by atoms with Gasteiger partial charge in [0.05, 0.1) is 11.9 Å². The van der Waals surface area contributed by atoms with Crippen molar-refractivity contribution in [2.45, 2.75) is 57.0 Å². The van der Waals surface area contributed by atoms with Crippen molar-refractivity contribution in [2.24, 2.45) is 16.6 Å². The van der Waals surface area contributed by atoms with Gasteiger partial charge in [0.25, 0.3) is 0 Å². The quantitative estimate of drug-likeness (QED) is 0.570. The second kappa shape index (κ2) is 4.36. The van der Waals surface area contributed by atoms with Crippen LogP contribution in [0.5, 0.6) is 0 Å². The van der Waals surface area contributed by atoms with Gasteiger partial charge in [0.15, 0.2) is 0 Å². The lowest BCUT2D eigenvalue weighted by Crippen LogP contribution is -2.31. The normalized spacial score (nSPS) is 37.1. The summed E-state index contributed by atoms with van der Waals surface area (Å²) in [4.78, 5) is 7.46. The van der Waals surface area contributed by atoms with Crippen LogP contribution >= 0.6 is 0 Å². The highest BCUT2D eigenvalue weighted by Crippen LogP contribution is 2.31. The molecule has 0 radical (unpaired) electrons.